The Balaban J connectivity index is 1.96. The molecule has 4 nitrogen and oxygen atoms in total. The van der Waals surface area contributed by atoms with Gasteiger partial charge in [-0.2, -0.15) is 0 Å². The first kappa shape index (κ1) is 14.3. The molecule has 2 heterocycles. The van der Waals surface area contributed by atoms with E-state index in [1.54, 1.807) is 7.05 Å². The molecule has 2 amide bonds. The third kappa shape index (κ3) is 2.27. The summed E-state index contributed by atoms with van der Waals surface area (Å²) in [6.07, 6.45) is 0.970. The minimum absolute atomic E-state index is 0.00494. The second kappa shape index (κ2) is 5.26. The summed E-state index contributed by atoms with van der Waals surface area (Å²) in [5, 5.41) is 2.26. The Morgan fingerprint density at radius 3 is 2.33 bits per heavy atom. The number of carbonyl (C=O) groups excluding carboxylic acids is 2. The lowest BCUT2D eigenvalue weighted by molar-refractivity contribution is -0.712. The molecule has 0 aliphatic carbocycles. The lowest BCUT2D eigenvalue weighted by Gasteiger charge is -2.19. The van der Waals surface area contributed by atoms with Crippen molar-refractivity contribution in [1.29, 1.82) is 0 Å². The summed E-state index contributed by atoms with van der Waals surface area (Å²) in [7, 11) is 1.62. The Morgan fingerprint density at radius 1 is 1.10 bits per heavy atom. The number of likely N-dealkylation sites (tertiary alicyclic amines) is 1. The summed E-state index contributed by atoms with van der Waals surface area (Å²) in [5.41, 5.74) is 1.15. The van der Waals surface area contributed by atoms with Crippen molar-refractivity contribution in [3.63, 3.8) is 0 Å². The molecule has 21 heavy (non-hydrogen) atoms. The molecule has 2 aliphatic rings. The van der Waals surface area contributed by atoms with Crippen molar-refractivity contribution in [2.75, 3.05) is 7.05 Å². The zero-order valence-corrected chi connectivity index (χ0v) is 12.8. The molecule has 112 valence electrons. The van der Waals surface area contributed by atoms with Gasteiger partial charge in [0.1, 0.15) is 17.9 Å². The minimum Gasteiger partial charge on any atom is -0.336 e. The summed E-state index contributed by atoms with van der Waals surface area (Å²) in [6, 6.07) is 10.4. The molecule has 2 saturated heterocycles. The number of rotatable bonds is 3. The highest BCUT2D eigenvalue weighted by molar-refractivity contribution is 6.05. The van der Waals surface area contributed by atoms with E-state index in [0.717, 1.165) is 12.0 Å². The Hall–Kier alpha value is -1.68. The van der Waals surface area contributed by atoms with Crippen LogP contribution in [0.4, 0.5) is 0 Å². The highest BCUT2D eigenvalue weighted by Gasteiger charge is 2.61. The van der Waals surface area contributed by atoms with Crippen molar-refractivity contribution < 1.29 is 14.9 Å². The van der Waals surface area contributed by atoms with E-state index in [-0.39, 0.29) is 35.7 Å². The minimum atomic E-state index is -0.200. The molecule has 0 radical (unpaired) electrons. The molecule has 1 aromatic carbocycles. The first-order valence-corrected chi connectivity index (χ1v) is 7.72. The van der Waals surface area contributed by atoms with Gasteiger partial charge in [0.05, 0.1) is 6.04 Å². The lowest BCUT2D eigenvalue weighted by atomic mass is 9.84. The van der Waals surface area contributed by atoms with E-state index in [1.807, 2.05) is 18.2 Å². The van der Waals surface area contributed by atoms with Crippen LogP contribution in [0.25, 0.3) is 0 Å². The molecule has 4 heteroatoms. The first-order valence-electron chi connectivity index (χ1n) is 7.72. The maximum atomic E-state index is 12.5. The standard InChI is InChI=1S/C17H22N2O2/c1-10(2)9-12-13-14(17(21)19(3)16(13)20)15(18-12)11-7-5-4-6-8-11/h4-8,10,12-15,18H,9H2,1-3H3/p+1/t12-,13-,14+,15+/m1/s1. The number of carbonyl (C=O) groups is 2. The van der Waals surface area contributed by atoms with Crippen molar-refractivity contribution in [2.45, 2.75) is 32.4 Å². The van der Waals surface area contributed by atoms with Gasteiger partial charge in [0.2, 0.25) is 11.8 Å². The van der Waals surface area contributed by atoms with Crippen LogP contribution in [-0.4, -0.2) is 29.8 Å². The van der Waals surface area contributed by atoms with Gasteiger partial charge in [-0.3, -0.25) is 14.5 Å². The fraction of sp³-hybridized carbons (Fsp3) is 0.529. The number of imide groups is 1. The maximum absolute atomic E-state index is 12.5. The number of hydrogen-bond donors (Lipinski definition) is 1. The van der Waals surface area contributed by atoms with Crippen LogP contribution in [-0.2, 0) is 9.59 Å². The molecular formula is C17H23N2O2+. The van der Waals surface area contributed by atoms with Gasteiger partial charge in [-0.05, 0) is 5.92 Å². The number of quaternary nitrogens is 1. The van der Waals surface area contributed by atoms with Gasteiger partial charge in [0.25, 0.3) is 0 Å². The molecule has 0 unspecified atom stereocenters. The summed E-state index contributed by atoms with van der Waals surface area (Å²) < 4.78 is 0. The number of fused-ring (bicyclic) bond motifs is 1. The summed E-state index contributed by atoms with van der Waals surface area (Å²) in [5.74, 6) is 0.158. The van der Waals surface area contributed by atoms with Crippen molar-refractivity contribution in [2.24, 2.45) is 17.8 Å². The van der Waals surface area contributed by atoms with Gasteiger partial charge in [0, 0.05) is 19.0 Å². The fourth-order valence-corrected chi connectivity index (χ4v) is 3.96. The molecule has 2 N–H and O–H groups in total. The molecule has 3 rings (SSSR count). The van der Waals surface area contributed by atoms with Gasteiger partial charge < -0.3 is 5.32 Å². The van der Waals surface area contributed by atoms with Crippen molar-refractivity contribution in [1.82, 2.24) is 4.90 Å². The van der Waals surface area contributed by atoms with E-state index in [2.05, 4.69) is 31.3 Å². The summed E-state index contributed by atoms with van der Waals surface area (Å²) in [6.45, 7) is 4.34. The SMILES string of the molecule is CC(C)C[C@H]1[NH2+][C@@H](c2ccccc2)[C@H]2C(=O)N(C)C(=O)[C@@H]21. The second-order valence-corrected chi connectivity index (χ2v) is 6.71. The van der Waals surface area contributed by atoms with Crippen molar-refractivity contribution >= 4 is 11.8 Å². The molecule has 2 aliphatic heterocycles. The van der Waals surface area contributed by atoms with Crippen LogP contribution in [0, 0.1) is 17.8 Å². The topological polar surface area (TPSA) is 54.0 Å². The zero-order valence-electron chi connectivity index (χ0n) is 12.8. The highest BCUT2D eigenvalue weighted by Crippen LogP contribution is 2.40. The quantitative estimate of drug-likeness (QED) is 0.842. The van der Waals surface area contributed by atoms with E-state index in [1.165, 1.54) is 4.90 Å². The van der Waals surface area contributed by atoms with Gasteiger partial charge in [-0.25, -0.2) is 0 Å². The number of hydrogen-bond acceptors (Lipinski definition) is 2. The largest absolute Gasteiger partial charge is 0.336 e. The molecule has 2 fully saturated rings. The van der Waals surface area contributed by atoms with E-state index in [0.29, 0.717) is 5.92 Å². The van der Waals surface area contributed by atoms with Gasteiger partial charge in [-0.1, -0.05) is 44.2 Å². The third-order valence-corrected chi connectivity index (χ3v) is 4.85. The Labute approximate surface area is 125 Å². The number of nitrogens with two attached hydrogens (primary N) is 1. The van der Waals surface area contributed by atoms with Gasteiger partial charge in [-0.15, -0.1) is 0 Å². The van der Waals surface area contributed by atoms with Crippen LogP contribution in [0.3, 0.4) is 0 Å². The van der Waals surface area contributed by atoms with Gasteiger partial charge >= 0.3 is 0 Å². The average Bonchev–Trinajstić information content (AvgIpc) is 2.93. The lowest BCUT2D eigenvalue weighted by Crippen LogP contribution is -2.89. The van der Waals surface area contributed by atoms with E-state index in [9.17, 15) is 9.59 Å². The molecular weight excluding hydrogens is 264 g/mol. The Bertz CT molecular complexity index is 555. The molecule has 0 spiro atoms. The monoisotopic (exact) mass is 287 g/mol. The smallest absolute Gasteiger partial charge is 0.239 e. The molecule has 0 bridgehead atoms. The normalized spacial score (nSPS) is 32.1. The molecule has 0 saturated carbocycles. The molecule has 1 aromatic rings. The molecule has 0 aromatic heterocycles. The molecule has 4 atom stereocenters. The number of benzene rings is 1. The van der Waals surface area contributed by atoms with E-state index in [4.69, 9.17) is 0 Å². The Morgan fingerprint density at radius 2 is 1.71 bits per heavy atom. The summed E-state index contributed by atoms with van der Waals surface area (Å²) in [4.78, 5) is 26.3. The van der Waals surface area contributed by atoms with Gasteiger partial charge in [0.15, 0.2) is 0 Å². The summed E-state index contributed by atoms with van der Waals surface area (Å²) >= 11 is 0. The Kier molecular flexibility index (Phi) is 3.57. The van der Waals surface area contributed by atoms with Crippen molar-refractivity contribution in [3.05, 3.63) is 35.9 Å². The predicted molar refractivity (Wildman–Crippen MR) is 79.1 cm³/mol. The van der Waals surface area contributed by atoms with Crippen LogP contribution in [0.1, 0.15) is 31.9 Å². The average molecular weight is 287 g/mol. The van der Waals surface area contributed by atoms with Crippen LogP contribution in [0.15, 0.2) is 30.3 Å². The van der Waals surface area contributed by atoms with Crippen LogP contribution >= 0.6 is 0 Å². The number of nitrogens with zero attached hydrogens (tertiary/aromatic N) is 1. The van der Waals surface area contributed by atoms with Crippen LogP contribution < -0.4 is 5.32 Å². The maximum Gasteiger partial charge on any atom is 0.239 e. The zero-order chi connectivity index (χ0) is 15.1. The van der Waals surface area contributed by atoms with Crippen molar-refractivity contribution in [3.8, 4) is 0 Å². The van der Waals surface area contributed by atoms with E-state index < -0.39 is 0 Å². The highest BCUT2D eigenvalue weighted by atomic mass is 16.2. The van der Waals surface area contributed by atoms with E-state index >= 15 is 0 Å². The third-order valence-electron chi connectivity index (χ3n) is 4.85. The van der Waals surface area contributed by atoms with Crippen LogP contribution in [0.5, 0.6) is 0 Å². The predicted octanol–water partition coefficient (Wildman–Crippen LogP) is 0.950. The fourth-order valence-electron chi connectivity index (χ4n) is 3.96. The second-order valence-electron chi connectivity index (χ2n) is 6.71. The first-order chi connectivity index (χ1) is 10.0. The number of amides is 2. The van der Waals surface area contributed by atoms with Crippen LogP contribution in [0.2, 0.25) is 0 Å².